The second-order valence-electron chi connectivity index (χ2n) is 6.59. The van der Waals surface area contributed by atoms with Gasteiger partial charge < -0.3 is 11.1 Å². The van der Waals surface area contributed by atoms with E-state index in [0.29, 0.717) is 22.6 Å². The van der Waals surface area contributed by atoms with Crippen molar-refractivity contribution in [2.75, 3.05) is 11.9 Å². The van der Waals surface area contributed by atoms with Crippen molar-refractivity contribution < 1.29 is 26.3 Å². The van der Waals surface area contributed by atoms with Crippen LogP contribution >= 0.6 is 23.4 Å². The monoisotopic (exact) mass is 492 g/mol. The third kappa shape index (κ3) is 6.50. The number of nitrogens with two attached hydrogens (primary N) is 1. The van der Waals surface area contributed by atoms with Crippen molar-refractivity contribution in [2.24, 2.45) is 5.73 Å². The molecule has 12 heteroatoms. The zero-order valence-corrected chi connectivity index (χ0v) is 17.6. The van der Waals surface area contributed by atoms with Gasteiger partial charge in [0.1, 0.15) is 12.1 Å². The summed E-state index contributed by atoms with van der Waals surface area (Å²) in [6, 6.07) is 9.98. The quantitative estimate of drug-likeness (QED) is 0.302. The Hall–Kier alpha value is -2.50. The number of nitrogens with zero attached hydrogens (tertiary/aromatic N) is 2. The molecular formula is C20H15ClF6N4S. The summed E-state index contributed by atoms with van der Waals surface area (Å²) in [5, 5.41) is 2.53. The van der Waals surface area contributed by atoms with Crippen LogP contribution in [-0.4, -0.2) is 22.0 Å². The van der Waals surface area contributed by atoms with Crippen LogP contribution in [-0.2, 0) is 6.18 Å². The van der Waals surface area contributed by atoms with Gasteiger partial charge in [-0.1, -0.05) is 29.8 Å². The van der Waals surface area contributed by atoms with E-state index in [9.17, 15) is 26.3 Å². The van der Waals surface area contributed by atoms with Crippen LogP contribution in [0.4, 0.5) is 32.2 Å². The second-order valence-corrected chi connectivity index (χ2v) is 8.13. The van der Waals surface area contributed by atoms with E-state index in [4.69, 9.17) is 17.3 Å². The molecule has 0 bridgehead atoms. The summed E-state index contributed by atoms with van der Waals surface area (Å²) >= 11 is 5.55. The summed E-state index contributed by atoms with van der Waals surface area (Å²) < 4.78 is 75.9. The molecule has 1 heterocycles. The van der Waals surface area contributed by atoms with Crippen LogP contribution in [0.3, 0.4) is 0 Å². The number of hydrogen-bond donors (Lipinski definition) is 2. The van der Waals surface area contributed by atoms with E-state index < -0.39 is 28.3 Å². The van der Waals surface area contributed by atoms with E-state index >= 15 is 0 Å². The number of aromatic nitrogens is 2. The molecule has 0 spiro atoms. The number of halogens is 7. The number of benzene rings is 2. The van der Waals surface area contributed by atoms with E-state index in [1.165, 1.54) is 48.8 Å². The van der Waals surface area contributed by atoms with Gasteiger partial charge in [-0.05, 0) is 41.6 Å². The maximum atomic E-state index is 12.9. The lowest BCUT2D eigenvalue weighted by Gasteiger charge is -2.15. The van der Waals surface area contributed by atoms with Crippen LogP contribution in [0.1, 0.15) is 17.2 Å². The molecule has 2 aromatic carbocycles. The third-order valence-electron chi connectivity index (χ3n) is 4.28. The number of hydrogen-bond acceptors (Lipinski definition) is 5. The maximum Gasteiger partial charge on any atom is 0.446 e. The Labute approximate surface area is 188 Å². The second kappa shape index (κ2) is 9.55. The molecule has 3 rings (SSSR count). The molecular weight excluding hydrogens is 478 g/mol. The van der Waals surface area contributed by atoms with E-state index in [-0.39, 0.29) is 23.2 Å². The topological polar surface area (TPSA) is 63.8 Å². The fourth-order valence-electron chi connectivity index (χ4n) is 2.77. The lowest BCUT2D eigenvalue weighted by molar-refractivity contribution is -0.137. The molecule has 3 aromatic rings. The fraction of sp³-hybridized carbons (Fsp3) is 0.200. The highest BCUT2D eigenvalue weighted by Crippen LogP contribution is 2.37. The highest BCUT2D eigenvalue weighted by Gasteiger charge is 2.33. The first-order chi connectivity index (χ1) is 14.9. The molecule has 0 saturated carbocycles. The van der Waals surface area contributed by atoms with Crippen molar-refractivity contribution in [3.63, 3.8) is 0 Å². The van der Waals surface area contributed by atoms with Gasteiger partial charge in [-0.3, -0.25) is 0 Å². The van der Waals surface area contributed by atoms with Gasteiger partial charge in [0.2, 0.25) is 0 Å². The summed E-state index contributed by atoms with van der Waals surface area (Å²) in [4.78, 5) is 8.15. The van der Waals surface area contributed by atoms with Crippen LogP contribution in [0.15, 0.2) is 59.8 Å². The summed E-state index contributed by atoms with van der Waals surface area (Å²) in [7, 11) is 0. The molecule has 0 radical (unpaired) electrons. The van der Waals surface area contributed by atoms with Gasteiger partial charge in [-0.2, -0.15) is 26.3 Å². The molecule has 0 saturated heterocycles. The first-order valence-electron chi connectivity index (χ1n) is 8.97. The summed E-state index contributed by atoms with van der Waals surface area (Å²) in [5.41, 5.74) is 2.11. The summed E-state index contributed by atoms with van der Waals surface area (Å²) in [6.45, 7) is 0.204. The van der Waals surface area contributed by atoms with Gasteiger partial charge in [0.05, 0.1) is 16.3 Å². The highest BCUT2D eigenvalue weighted by atomic mass is 35.5. The van der Waals surface area contributed by atoms with Crippen molar-refractivity contribution in [3.05, 3.63) is 71.0 Å². The highest BCUT2D eigenvalue weighted by molar-refractivity contribution is 8.00. The Morgan fingerprint density at radius 2 is 1.66 bits per heavy atom. The molecule has 3 N–H and O–H groups in total. The van der Waals surface area contributed by atoms with Crippen molar-refractivity contribution >= 4 is 29.2 Å². The molecule has 1 aromatic heterocycles. The van der Waals surface area contributed by atoms with Crippen LogP contribution in [0, 0.1) is 0 Å². The lowest BCUT2D eigenvalue weighted by atomic mass is 10.1. The van der Waals surface area contributed by atoms with Gasteiger partial charge >= 0.3 is 11.7 Å². The molecule has 0 aliphatic heterocycles. The van der Waals surface area contributed by atoms with Crippen molar-refractivity contribution in [2.45, 2.75) is 22.6 Å². The van der Waals surface area contributed by atoms with Gasteiger partial charge in [0.15, 0.2) is 0 Å². The van der Waals surface area contributed by atoms with Crippen LogP contribution in [0.25, 0.3) is 11.3 Å². The Bertz CT molecular complexity index is 1070. The Balaban J connectivity index is 1.67. The molecule has 0 amide bonds. The zero-order valence-electron chi connectivity index (χ0n) is 16.0. The first-order valence-corrected chi connectivity index (χ1v) is 10.2. The predicted octanol–water partition coefficient (Wildman–Crippen LogP) is 6.54. The fourth-order valence-corrected chi connectivity index (χ4v) is 3.59. The van der Waals surface area contributed by atoms with Crippen molar-refractivity contribution in [3.8, 4) is 11.3 Å². The van der Waals surface area contributed by atoms with Crippen LogP contribution in [0.5, 0.6) is 0 Å². The Morgan fingerprint density at radius 1 is 0.969 bits per heavy atom. The van der Waals surface area contributed by atoms with E-state index in [1.54, 1.807) is 0 Å². The van der Waals surface area contributed by atoms with E-state index in [0.717, 1.165) is 6.07 Å². The normalized spacial score (nSPS) is 13.1. The summed E-state index contributed by atoms with van der Waals surface area (Å²) in [6.07, 6.45) is -3.33. The number of alkyl halides is 6. The smallest absolute Gasteiger partial charge is 0.368 e. The minimum atomic E-state index is -4.56. The average molecular weight is 493 g/mol. The molecule has 0 fully saturated rings. The number of rotatable bonds is 6. The number of thioether (sulfide) groups is 1. The van der Waals surface area contributed by atoms with Crippen molar-refractivity contribution in [1.29, 1.82) is 0 Å². The SMILES string of the molecule is N[C@@H](CNc1cc(-c2ccc(C(F)(F)F)c(Cl)c2)ncn1)c1ccc(SC(F)(F)F)cc1. The van der Waals surface area contributed by atoms with Gasteiger partial charge in [-0.25, -0.2) is 9.97 Å². The number of nitrogens with one attached hydrogen (secondary N) is 1. The molecule has 170 valence electrons. The molecule has 32 heavy (non-hydrogen) atoms. The minimum absolute atomic E-state index is 0.0528. The maximum absolute atomic E-state index is 12.9. The van der Waals surface area contributed by atoms with E-state index in [2.05, 4.69) is 15.3 Å². The molecule has 0 unspecified atom stereocenters. The van der Waals surface area contributed by atoms with Gasteiger partial charge in [0, 0.05) is 29.1 Å². The van der Waals surface area contributed by atoms with Gasteiger partial charge in [-0.15, -0.1) is 0 Å². The lowest BCUT2D eigenvalue weighted by Crippen LogP contribution is -2.21. The minimum Gasteiger partial charge on any atom is -0.368 e. The van der Waals surface area contributed by atoms with Crippen LogP contribution in [0.2, 0.25) is 5.02 Å². The van der Waals surface area contributed by atoms with E-state index in [1.807, 2.05) is 0 Å². The molecule has 1 atom stereocenters. The summed E-state index contributed by atoms with van der Waals surface area (Å²) in [5.74, 6) is 0.366. The standard InChI is InChI=1S/C20H15ClF6N4S/c21-15-7-12(3-6-14(15)19(22,23)24)17-8-18(31-10-30-17)29-9-16(28)11-1-4-13(5-2-11)32-20(25,26)27/h1-8,10,16H,9,28H2,(H,29,30,31)/t16-/m0/s1. The molecule has 0 aliphatic rings. The average Bonchev–Trinajstić information content (AvgIpc) is 2.70. The Kier molecular flexibility index (Phi) is 7.21. The molecule has 4 nitrogen and oxygen atoms in total. The Morgan fingerprint density at radius 3 is 2.25 bits per heavy atom. The predicted molar refractivity (Wildman–Crippen MR) is 111 cm³/mol. The number of anilines is 1. The first kappa shape index (κ1) is 24.1. The molecule has 0 aliphatic carbocycles. The zero-order chi connectivity index (χ0) is 23.5. The third-order valence-corrected chi connectivity index (χ3v) is 5.33. The van der Waals surface area contributed by atoms with Gasteiger partial charge in [0.25, 0.3) is 0 Å². The van der Waals surface area contributed by atoms with Crippen molar-refractivity contribution in [1.82, 2.24) is 9.97 Å². The van der Waals surface area contributed by atoms with Crippen LogP contribution < -0.4 is 11.1 Å². The largest absolute Gasteiger partial charge is 0.446 e.